The predicted octanol–water partition coefficient (Wildman–Crippen LogP) is 7.98. The zero-order chi connectivity index (χ0) is 24.4. The number of hydrogen-bond donors (Lipinski definition) is 0. The Morgan fingerprint density at radius 2 is 1.37 bits per heavy atom. The normalized spacial score (nSPS) is 12.2. The third-order valence-corrected chi connectivity index (χ3v) is 6.56. The molecule has 1 aromatic heterocycles. The number of fused-ring (bicyclic) bond motifs is 1. The number of ether oxygens (including phenoxy) is 1. The fourth-order valence-electron chi connectivity index (χ4n) is 4.09. The maximum atomic E-state index is 14.8. The summed E-state index contributed by atoms with van der Waals surface area (Å²) in [5.74, 6) is -0.309. The van der Waals surface area contributed by atoms with Gasteiger partial charge in [-0.25, -0.2) is 13.8 Å². The number of halogens is 4. The molecule has 0 bridgehead atoms. The Bertz CT molecular complexity index is 1450. The molecule has 5 aromatic rings. The van der Waals surface area contributed by atoms with Gasteiger partial charge in [0.25, 0.3) is 0 Å². The summed E-state index contributed by atoms with van der Waals surface area (Å²) in [7, 11) is 0. The Morgan fingerprint density at radius 3 is 2.06 bits per heavy atom. The molecule has 0 spiro atoms. The molecule has 0 saturated carbocycles. The van der Waals surface area contributed by atoms with Crippen LogP contribution in [0.1, 0.15) is 28.6 Å². The second-order valence-electron chi connectivity index (χ2n) is 8.05. The summed E-state index contributed by atoms with van der Waals surface area (Å²) < 4.78 is 37.4. The molecule has 0 aliphatic rings. The van der Waals surface area contributed by atoms with Crippen molar-refractivity contribution in [3.63, 3.8) is 0 Å². The molecular weight excluding hydrogens is 489 g/mol. The van der Waals surface area contributed by atoms with Gasteiger partial charge < -0.3 is 9.30 Å². The van der Waals surface area contributed by atoms with E-state index in [1.54, 1.807) is 24.3 Å². The van der Waals surface area contributed by atoms with Crippen molar-refractivity contribution < 1.29 is 13.5 Å². The largest absolute Gasteiger partial charge is 0.361 e. The average Bonchev–Trinajstić information content (AvgIpc) is 3.22. The van der Waals surface area contributed by atoms with Crippen LogP contribution in [0, 0.1) is 11.6 Å². The van der Waals surface area contributed by atoms with Crippen LogP contribution in [0.2, 0.25) is 10.0 Å². The highest BCUT2D eigenvalue weighted by Crippen LogP contribution is 2.33. The molecule has 0 aliphatic carbocycles. The number of imidazole rings is 1. The lowest BCUT2D eigenvalue weighted by molar-refractivity contribution is 0.0575. The van der Waals surface area contributed by atoms with Gasteiger partial charge in [0.2, 0.25) is 0 Å². The first-order valence-electron chi connectivity index (χ1n) is 11.0. The number of para-hydroxylation sites is 2. The van der Waals surface area contributed by atoms with Crippen molar-refractivity contribution in [1.29, 1.82) is 0 Å². The van der Waals surface area contributed by atoms with E-state index in [2.05, 4.69) is 0 Å². The quantitative estimate of drug-likeness (QED) is 0.223. The molecule has 0 fully saturated rings. The fraction of sp³-hybridized carbons (Fsp3) is 0.107. The van der Waals surface area contributed by atoms with Crippen molar-refractivity contribution in [3.8, 4) is 0 Å². The second-order valence-corrected chi connectivity index (χ2v) is 8.86. The van der Waals surface area contributed by atoms with Crippen LogP contribution in [0.5, 0.6) is 0 Å². The molecular formula is C28H20Cl2F2N2O. The van der Waals surface area contributed by atoms with Crippen LogP contribution in [-0.4, -0.2) is 9.55 Å². The number of nitrogens with zero attached hydrogens (tertiary/aromatic N) is 2. The molecule has 1 atom stereocenters. The van der Waals surface area contributed by atoms with E-state index in [4.69, 9.17) is 32.9 Å². The minimum Gasteiger partial charge on any atom is -0.361 e. The lowest BCUT2D eigenvalue weighted by Gasteiger charge is -2.21. The molecule has 0 amide bonds. The zero-order valence-electron chi connectivity index (χ0n) is 18.5. The Kier molecular flexibility index (Phi) is 6.82. The van der Waals surface area contributed by atoms with E-state index in [1.807, 2.05) is 59.2 Å². The molecule has 0 radical (unpaired) electrons. The molecule has 0 saturated heterocycles. The summed E-state index contributed by atoms with van der Waals surface area (Å²) in [6.45, 7) is 0.0726. The van der Waals surface area contributed by atoms with Gasteiger partial charge in [-0.3, -0.25) is 0 Å². The number of aromatic nitrogens is 2. The lowest BCUT2D eigenvalue weighted by Crippen LogP contribution is -2.15. The molecule has 5 rings (SSSR count). The van der Waals surface area contributed by atoms with E-state index in [9.17, 15) is 8.78 Å². The summed E-state index contributed by atoms with van der Waals surface area (Å²) >= 11 is 12.6. The molecule has 4 aromatic carbocycles. The van der Waals surface area contributed by atoms with Gasteiger partial charge in [0, 0.05) is 21.2 Å². The average molecular weight is 509 g/mol. The highest BCUT2D eigenvalue weighted by atomic mass is 35.5. The maximum Gasteiger partial charge on any atom is 0.144 e. The van der Waals surface area contributed by atoms with Crippen LogP contribution in [-0.2, 0) is 17.9 Å². The minimum absolute atomic E-state index is 0.0747. The first-order valence-corrected chi connectivity index (χ1v) is 11.8. The van der Waals surface area contributed by atoms with Gasteiger partial charge in [-0.1, -0.05) is 77.8 Å². The van der Waals surface area contributed by atoms with Gasteiger partial charge in [-0.15, -0.1) is 0 Å². The minimum atomic E-state index is -0.676. The fourth-order valence-corrected chi connectivity index (χ4v) is 4.53. The summed E-state index contributed by atoms with van der Waals surface area (Å²) in [6, 6.07) is 26.2. The maximum absolute atomic E-state index is 14.8. The number of hydrogen-bond acceptors (Lipinski definition) is 2. The van der Waals surface area contributed by atoms with Crippen LogP contribution < -0.4 is 0 Å². The van der Waals surface area contributed by atoms with E-state index in [-0.39, 0.29) is 23.7 Å². The topological polar surface area (TPSA) is 27.1 Å². The Hall–Kier alpha value is -3.25. The SMILES string of the molecule is Fc1cccc(Cl)c1CO[C@H](c1ccccc1)c1nc2ccccc2n1Cc1c(F)cccc1Cl. The Balaban J connectivity index is 1.63. The molecule has 0 unspecified atom stereocenters. The smallest absolute Gasteiger partial charge is 0.144 e. The van der Waals surface area contributed by atoms with Crippen molar-refractivity contribution in [3.05, 3.63) is 135 Å². The van der Waals surface area contributed by atoms with E-state index in [0.29, 0.717) is 16.4 Å². The van der Waals surface area contributed by atoms with E-state index >= 15 is 0 Å². The highest BCUT2D eigenvalue weighted by Gasteiger charge is 2.25. The van der Waals surface area contributed by atoms with Crippen molar-refractivity contribution in [2.24, 2.45) is 0 Å². The summed E-state index contributed by atoms with van der Waals surface area (Å²) in [5, 5.41) is 0.604. The predicted molar refractivity (Wildman–Crippen MR) is 135 cm³/mol. The molecule has 0 N–H and O–H groups in total. The molecule has 176 valence electrons. The van der Waals surface area contributed by atoms with Crippen molar-refractivity contribution in [2.75, 3.05) is 0 Å². The van der Waals surface area contributed by atoms with Crippen LogP contribution in [0.3, 0.4) is 0 Å². The Morgan fingerprint density at radius 1 is 0.743 bits per heavy atom. The van der Waals surface area contributed by atoms with Crippen molar-refractivity contribution >= 4 is 34.2 Å². The van der Waals surface area contributed by atoms with Gasteiger partial charge in [0.05, 0.1) is 24.2 Å². The lowest BCUT2D eigenvalue weighted by atomic mass is 10.1. The van der Waals surface area contributed by atoms with E-state index in [0.717, 1.165) is 16.6 Å². The number of rotatable bonds is 7. The zero-order valence-corrected chi connectivity index (χ0v) is 20.0. The summed E-state index contributed by atoms with van der Waals surface area (Å²) in [4.78, 5) is 4.85. The van der Waals surface area contributed by atoms with Gasteiger partial charge in [-0.2, -0.15) is 0 Å². The molecule has 7 heteroatoms. The number of benzene rings is 4. The van der Waals surface area contributed by atoms with Gasteiger partial charge >= 0.3 is 0 Å². The van der Waals surface area contributed by atoms with Gasteiger partial charge in [-0.05, 0) is 42.0 Å². The van der Waals surface area contributed by atoms with Gasteiger partial charge in [0.1, 0.15) is 23.6 Å². The highest BCUT2D eigenvalue weighted by molar-refractivity contribution is 6.31. The third-order valence-electron chi connectivity index (χ3n) is 5.85. The monoisotopic (exact) mass is 508 g/mol. The standard InChI is InChI=1S/C28H20Cl2F2N2O/c29-21-10-6-12-23(31)19(21)16-34-26-15-5-4-14-25(26)33-28(34)27(18-8-2-1-3-9-18)35-17-20-22(30)11-7-13-24(20)32/h1-15,27H,16-17H2/t27-/m1/s1. The first kappa shape index (κ1) is 23.5. The van der Waals surface area contributed by atoms with Crippen LogP contribution >= 0.6 is 23.2 Å². The first-order chi connectivity index (χ1) is 17.0. The second kappa shape index (κ2) is 10.2. The molecule has 35 heavy (non-hydrogen) atoms. The summed E-state index contributed by atoms with van der Waals surface area (Å²) in [6.07, 6.45) is -0.676. The van der Waals surface area contributed by atoms with Gasteiger partial charge in [0.15, 0.2) is 0 Å². The van der Waals surface area contributed by atoms with Crippen molar-refractivity contribution in [1.82, 2.24) is 9.55 Å². The molecule has 0 aliphatic heterocycles. The molecule has 3 nitrogen and oxygen atoms in total. The molecule has 1 heterocycles. The summed E-state index contributed by atoms with van der Waals surface area (Å²) in [5.41, 5.74) is 2.95. The van der Waals surface area contributed by atoms with E-state index in [1.165, 1.54) is 12.1 Å². The third kappa shape index (κ3) is 4.80. The van der Waals surface area contributed by atoms with Crippen molar-refractivity contribution in [2.45, 2.75) is 19.3 Å². The van der Waals surface area contributed by atoms with Crippen LogP contribution in [0.25, 0.3) is 11.0 Å². The Labute approximate surface area is 211 Å². The van der Waals surface area contributed by atoms with Crippen LogP contribution in [0.4, 0.5) is 8.78 Å². The van der Waals surface area contributed by atoms with E-state index < -0.39 is 17.7 Å². The van der Waals surface area contributed by atoms with Crippen LogP contribution in [0.15, 0.2) is 91.0 Å².